The van der Waals surface area contributed by atoms with Crippen molar-refractivity contribution in [3.05, 3.63) is 24.2 Å². The summed E-state index contributed by atoms with van der Waals surface area (Å²) in [6, 6.07) is 2.18. The number of hydrogen-bond acceptors (Lipinski definition) is 5. The van der Waals surface area contributed by atoms with Crippen molar-refractivity contribution in [1.82, 2.24) is 19.5 Å². The summed E-state index contributed by atoms with van der Waals surface area (Å²) < 4.78 is 1.94. The van der Waals surface area contributed by atoms with Crippen molar-refractivity contribution in [2.75, 3.05) is 42.6 Å². The molecular formula is C17H21N5OS. The topological polar surface area (TPSA) is 53.7 Å². The molecule has 2 saturated heterocycles. The maximum Gasteiger partial charge on any atom is 0.229 e. The molecule has 126 valence electrons. The van der Waals surface area contributed by atoms with Crippen LogP contribution in [0.4, 0.5) is 5.82 Å². The van der Waals surface area contributed by atoms with Gasteiger partial charge in [-0.3, -0.25) is 4.79 Å². The van der Waals surface area contributed by atoms with Crippen LogP contribution in [-0.4, -0.2) is 63.1 Å². The predicted octanol–water partition coefficient (Wildman–Crippen LogP) is 1.62. The van der Waals surface area contributed by atoms with Gasteiger partial charge in [-0.15, -0.1) is 0 Å². The van der Waals surface area contributed by atoms with Crippen LogP contribution < -0.4 is 4.90 Å². The maximum absolute atomic E-state index is 12.6. The zero-order valence-corrected chi connectivity index (χ0v) is 14.4. The lowest BCUT2D eigenvalue weighted by molar-refractivity contribution is -0.135. The Morgan fingerprint density at radius 2 is 2.00 bits per heavy atom. The fraction of sp³-hybridized carbons (Fsp3) is 0.588. The highest BCUT2D eigenvalue weighted by Crippen LogP contribution is 2.40. The molecule has 24 heavy (non-hydrogen) atoms. The standard InChI is InChI=1S/C17H21N5OS/c23-17(20-5-7-24-8-6-20)13-10-21(11-13)16-15-9-14(12-1-2-12)19-22(15)4-3-18-16/h3-4,9,12-13H,1-2,5-8,10-11H2. The Kier molecular flexibility index (Phi) is 3.43. The molecule has 0 spiro atoms. The summed E-state index contributed by atoms with van der Waals surface area (Å²) in [5.41, 5.74) is 2.25. The lowest BCUT2D eigenvalue weighted by Gasteiger charge is -2.42. The molecule has 0 radical (unpaired) electrons. The van der Waals surface area contributed by atoms with Gasteiger partial charge in [-0.25, -0.2) is 9.50 Å². The molecular weight excluding hydrogens is 322 g/mol. The Hall–Kier alpha value is -1.76. The van der Waals surface area contributed by atoms with Crippen molar-refractivity contribution >= 4 is 29.0 Å². The van der Waals surface area contributed by atoms with Crippen molar-refractivity contribution in [2.24, 2.45) is 5.92 Å². The van der Waals surface area contributed by atoms with Gasteiger partial charge >= 0.3 is 0 Å². The summed E-state index contributed by atoms with van der Waals surface area (Å²) in [5, 5.41) is 4.68. The maximum atomic E-state index is 12.6. The van der Waals surface area contributed by atoms with E-state index in [9.17, 15) is 4.79 Å². The molecule has 7 heteroatoms. The van der Waals surface area contributed by atoms with Crippen LogP contribution in [0, 0.1) is 5.92 Å². The van der Waals surface area contributed by atoms with Crippen molar-refractivity contribution in [2.45, 2.75) is 18.8 Å². The minimum absolute atomic E-state index is 0.126. The van der Waals surface area contributed by atoms with Gasteiger partial charge in [0.05, 0.1) is 11.6 Å². The number of nitrogens with zero attached hydrogens (tertiary/aromatic N) is 5. The number of rotatable bonds is 3. The van der Waals surface area contributed by atoms with Gasteiger partial charge in [-0.2, -0.15) is 16.9 Å². The van der Waals surface area contributed by atoms with Crippen molar-refractivity contribution < 1.29 is 4.79 Å². The van der Waals surface area contributed by atoms with Crippen LogP contribution in [0.1, 0.15) is 24.5 Å². The molecule has 2 aromatic heterocycles. The number of thioether (sulfide) groups is 1. The first kappa shape index (κ1) is 14.6. The average Bonchev–Trinajstić information content (AvgIpc) is 3.33. The first-order valence-corrected chi connectivity index (χ1v) is 9.91. The lowest BCUT2D eigenvalue weighted by atomic mass is 9.98. The van der Waals surface area contributed by atoms with Crippen LogP contribution in [0.3, 0.4) is 0 Å². The SMILES string of the molecule is O=C(C1CN(c2nccn3nc(C4CC4)cc23)C1)N1CCSCC1. The highest BCUT2D eigenvalue weighted by molar-refractivity contribution is 7.99. The third-order valence-electron chi connectivity index (χ3n) is 5.24. The molecule has 2 aromatic rings. The Bertz CT molecular complexity index is 774. The molecule has 0 bridgehead atoms. The van der Waals surface area contributed by atoms with Crippen LogP contribution in [0.25, 0.3) is 5.52 Å². The molecule has 1 amide bonds. The fourth-order valence-electron chi connectivity index (χ4n) is 3.60. The van der Waals surface area contributed by atoms with Crippen LogP contribution in [0.15, 0.2) is 18.5 Å². The molecule has 0 unspecified atom stereocenters. The molecule has 3 aliphatic rings. The second-order valence-electron chi connectivity index (χ2n) is 6.96. The van der Waals surface area contributed by atoms with E-state index in [-0.39, 0.29) is 5.92 Å². The van der Waals surface area contributed by atoms with Crippen molar-refractivity contribution in [3.63, 3.8) is 0 Å². The van der Waals surface area contributed by atoms with E-state index in [1.807, 2.05) is 33.6 Å². The summed E-state index contributed by atoms with van der Waals surface area (Å²) in [4.78, 5) is 21.4. The van der Waals surface area contributed by atoms with Crippen molar-refractivity contribution in [1.29, 1.82) is 0 Å². The van der Waals surface area contributed by atoms with Gasteiger partial charge in [0.1, 0.15) is 5.52 Å². The number of fused-ring (bicyclic) bond motifs is 1. The molecule has 5 rings (SSSR count). The molecule has 2 aliphatic heterocycles. The van der Waals surface area contributed by atoms with E-state index in [4.69, 9.17) is 0 Å². The third-order valence-corrected chi connectivity index (χ3v) is 6.18. The van der Waals surface area contributed by atoms with Gasteiger partial charge in [0, 0.05) is 56.0 Å². The van der Waals surface area contributed by atoms with E-state index >= 15 is 0 Å². The molecule has 0 aromatic carbocycles. The molecule has 4 heterocycles. The highest BCUT2D eigenvalue weighted by Gasteiger charge is 2.37. The lowest BCUT2D eigenvalue weighted by Crippen LogP contribution is -2.56. The molecule has 0 N–H and O–H groups in total. The predicted molar refractivity (Wildman–Crippen MR) is 94.6 cm³/mol. The van der Waals surface area contributed by atoms with E-state index < -0.39 is 0 Å². The van der Waals surface area contributed by atoms with Crippen LogP contribution in [0.5, 0.6) is 0 Å². The highest BCUT2D eigenvalue weighted by atomic mass is 32.2. The quantitative estimate of drug-likeness (QED) is 0.848. The van der Waals surface area contributed by atoms with E-state index in [1.165, 1.54) is 18.5 Å². The summed E-state index contributed by atoms with van der Waals surface area (Å²) in [6.45, 7) is 3.36. The van der Waals surface area contributed by atoms with Gasteiger partial charge in [0.15, 0.2) is 5.82 Å². The Morgan fingerprint density at radius 3 is 2.75 bits per heavy atom. The zero-order valence-electron chi connectivity index (χ0n) is 13.6. The molecule has 1 aliphatic carbocycles. The summed E-state index contributed by atoms with van der Waals surface area (Å²) in [5.74, 6) is 4.20. The first-order valence-electron chi connectivity index (χ1n) is 8.75. The molecule has 1 saturated carbocycles. The number of aromatic nitrogens is 3. The second-order valence-corrected chi connectivity index (χ2v) is 8.19. The van der Waals surface area contributed by atoms with E-state index in [0.29, 0.717) is 11.8 Å². The molecule has 0 atom stereocenters. The van der Waals surface area contributed by atoms with Crippen molar-refractivity contribution in [3.8, 4) is 0 Å². The summed E-state index contributed by atoms with van der Waals surface area (Å²) >= 11 is 1.94. The van der Waals surface area contributed by atoms with Crippen LogP contribution in [-0.2, 0) is 4.79 Å². The zero-order chi connectivity index (χ0) is 16.1. The van der Waals surface area contributed by atoms with E-state index in [1.54, 1.807) is 0 Å². The van der Waals surface area contributed by atoms with Crippen LogP contribution in [0.2, 0.25) is 0 Å². The van der Waals surface area contributed by atoms with E-state index in [0.717, 1.165) is 49.0 Å². The second kappa shape index (κ2) is 5.65. The largest absolute Gasteiger partial charge is 0.353 e. The van der Waals surface area contributed by atoms with Gasteiger partial charge in [0.25, 0.3) is 0 Å². The van der Waals surface area contributed by atoms with Crippen LogP contribution >= 0.6 is 11.8 Å². The average molecular weight is 343 g/mol. The van der Waals surface area contributed by atoms with Gasteiger partial charge < -0.3 is 9.80 Å². The minimum Gasteiger partial charge on any atom is -0.353 e. The molecule has 6 nitrogen and oxygen atoms in total. The minimum atomic E-state index is 0.126. The first-order chi connectivity index (χ1) is 11.8. The Labute approximate surface area is 145 Å². The van der Waals surface area contributed by atoms with E-state index in [2.05, 4.69) is 21.0 Å². The van der Waals surface area contributed by atoms with Gasteiger partial charge in [-0.05, 0) is 18.9 Å². The van der Waals surface area contributed by atoms with Gasteiger partial charge in [-0.1, -0.05) is 0 Å². The fourth-order valence-corrected chi connectivity index (χ4v) is 4.50. The summed E-state index contributed by atoms with van der Waals surface area (Å²) in [6.07, 6.45) is 6.23. The number of anilines is 1. The normalized spacial score (nSPS) is 22.0. The smallest absolute Gasteiger partial charge is 0.229 e. The van der Waals surface area contributed by atoms with Gasteiger partial charge in [0.2, 0.25) is 5.91 Å². The third kappa shape index (κ3) is 2.46. The number of carbonyl (C=O) groups excluding carboxylic acids is 1. The molecule has 3 fully saturated rings. The monoisotopic (exact) mass is 343 g/mol. The Morgan fingerprint density at radius 1 is 1.21 bits per heavy atom. The number of carbonyl (C=O) groups is 1. The number of amides is 1. The Balaban J connectivity index is 1.32. The summed E-state index contributed by atoms with van der Waals surface area (Å²) in [7, 11) is 0. The number of hydrogen-bond donors (Lipinski definition) is 0.